The molecule has 2 N–H and O–H groups in total. The fourth-order valence-corrected chi connectivity index (χ4v) is 6.09. The van der Waals surface area contributed by atoms with Gasteiger partial charge in [0, 0.05) is 48.3 Å². The van der Waals surface area contributed by atoms with Crippen molar-refractivity contribution in [2.45, 2.75) is 70.8 Å². The first-order chi connectivity index (χ1) is 18.4. The monoisotopic (exact) mass is 523 g/mol. The van der Waals surface area contributed by atoms with Crippen LogP contribution in [0.15, 0.2) is 29.4 Å². The topological polar surface area (TPSA) is 88.7 Å². The van der Waals surface area contributed by atoms with E-state index in [4.69, 9.17) is 24.8 Å². The lowest BCUT2D eigenvalue weighted by molar-refractivity contribution is -0.131. The molecule has 3 aromatic rings. The van der Waals surface area contributed by atoms with Gasteiger partial charge < -0.3 is 15.4 Å². The number of ether oxygens (including phenoxy) is 1. The number of aromatic nitrogens is 4. The van der Waals surface area contributed by atoms with Crippen LogP contribution in [0.3, 0.4) is 0 Å². The number of pyridine rings is 1. The normalized spacial score (nSPS) is 20.9. The van der Waals surface area contributed by atoms with Gasteiger partial charge in [0.15, 0.2) is 5.82 Å². The Morgan fingerprint density at radius 3 is 2.68 bits per heavy atom. The summed E-state index contributed by atoms with van der Waals surface area (Å²) in [7, 11) is 1.87. The Labute approximate surface area is 221 Å². The van der Waals surface area contributed by atoms with Crippen LogP contribution in [0.5, 0.6) is 0 Å². The first kappa shape index (κ1) is 25.2. The summed E-state index contributed by atoms with van der Waals surface area (Å²) < 4.78 is 32.6. The average molecular weight is 524 g/mol. The van der Waals surface area contributed by atoms with Crippen molar-refractivity contribution in [3.63, 3.8) is 0 Å². The molecule has 1 aliphatic carbocycles. The largest absolute Gasteiger partial charge is 0.380 e. The van der Waals surface area contributed by atoms with Crippen LogP contribution in [-0.2, 0) is 11.2 Å². The lowest BCUT2D eigenvalue weighted by Crippen LogP contribution is -2.47. The van der Waals surface area contributed by atoms with E-state index in [1.807, 2.05) is 42.9 Å². The average Bonchev–Trinajstić information content (AvgIpc) is 3.32. The zero-order chi connectivity index (χ0) is 26.3. The van der Waals surface area contributed by atoms with E-state index in [1.165, 1.54) is 12.8 Å². The molecule has 1 spiro atoms. The van der Waals surface area contributed by atoms with Crippen molar-refractivity contribution in [3.8, 4) is 11.3 Å². The van der Waals surface area contributed by atoms with E-state index in [0.29, 0.717) is 36.7 Å². The van der Waals surface area contributed by atoms with E-state index >= 15 is 0 Å². The van der Waals surface area contributed by atoms with Gasteiger partial charge in [-0.15, -0.1) is 5.10 Å². The smallest absolute Gasteiger partial charge is 0.243 e. The van der Waals surface area contributed by atoms with E-state index in [2.05, 4.69) is 10.6 Å². The second-order valence-corrected chi connectivity index (χ2v) is 11.1. The summed E-state index contributed by atoms with van der Waals surface area (Å²) in [6.45, 7) is 3.79. The van der Waals surface area contributed by atoms with Crippen LogP contribution in [0, 0.1) is 11.3 Å². The maximum atomic E-state index is 12.6. The summed E-state index contributed by atoms with van der Waals surface area (Å²) in [6.07, 6.45) is 6.07. The SMILES string of the molecule is CNc1nc(NC2CCC3(CC2)COC3)nn2ccc(-c3ccc4c(n3)CC(CCCC(F)F)C(C)=N4)c12. The predicted molar refractivity (Wildman–Crippen MR) is 145 cm³/mol. The first-order valence-electron chi connectivity index (χ1n) is 13.7. The third kappa shape index (κ3) is 4.86. The highest BCUT2D eigenvalue weighted by molar-refractivity contribution is 5.90. The minimum absolute atomic E-state index is 0.0685. The number of hydrogen-bond acceptors (Lipinski definition) is 7. The van der Waals surface area contributed by atoms with Crippen LogP contribution in [0.2, 0.25) is 0 Å². The lowest BCUT2D eigenvalue weighted by Gasteiger charge is -2.46. The van der Waals surface area contributed by atoms with Crippen LogP contribution < -0.4 is 10.6 Å². The summed E-state index contributed by atoms with van der Waals surface area (Å²) in [5, 5.41) is 11.6. The van der Waals surface area contributed by atoms with Gasteiger partial charge in [0.2, 0.25) is 12.4 Å². The number of aliphatic imine (C=N–C) groups is 1. The van der Waals surface area contributed by atoms with E-state index in [-0.39, 0.29) is 12.3 Å². The van der Waals surface area contributed by atoms with Crippen molar-refractivity contribution in [3.05, 3.63) is 30.1 Å². The van der Waals surface area contributed by atoms with Crippen LogP contribution in [-0.4, -0.2) is 58.0 Å². The molecule has 2 fully saturated rings. The van der Waals surface area contributed by atoms with Crippen molar-refractivity contribution in [2.75, 3.05) is 30.9 Å². The van der Waals surface area contributed by atoms with Crippen LogP contribution >= 0.6 is 0 Å². The molecule has 2 aliphatic heterocycles. The molecular formula is C28H35F2N7O. The van der Waals surface area contributed by atoms with Gasteiger partial charge >= 0.3 is 0 Å². The van der Waals surface area contributed by atoms with Crippen molar-refractivity contribution in [1.82, 2.24) is 19.6 Å². The molecular weight excluding hydrogens is 488 g/mol. The highest BCUT2D eigenvalue weighted by Crippen LogP contribution is 2.43. The maximum absolute atomic E-state index is 12.6. The number of rotatable bonds is 8. The first-order valence-corrected chi connectivity index (χ1v) is 13.7. The fourth-order valence-electron chi connectivity index (χ4n) is 6.09. The van der Waals surface area contributed by atoms with E-state index < -0.39 is 6.43 Å². The summed E-state index contributed by atoms with van der Waals surface area (Å²) in [5.74, 6) is 1.50. The Balaban J connectivity index is 1.22. The number of anilines is 2. The summed E-state index contributed by atoms with van der Waals surface area (Å²) in [5.41, 5.74) is 5.80. The quantitative estimate of drug-likeness (QED) is 0.382. The van der Waals surface area contributed by atoms with Gasteiger partial charge in [-0.3, -0.25) is 9.98 Å². The van der Waals surface area contributed by atoms with Crippen LogP contribution in [0.1, 0.15) is 57.6 Å². The third-order valence-corrected chi connectivity index (χ3v) is 8.47. The zero-order valence-corrected chi connectivity index (χ0v) is 22.0. The minimum atomic E-state index is -2.26. The van der Waals surface area contributed by atoms with E-state index in [1.54, 1.807) is 0 Å². The van der Waals surface area contributed by atoms with Crippen LogP contribution in [0.25, 0.3) is 16.8 Å². The van der Waals surface area contributed by atoms with Gasteiger partial charge in [-0.2, -0.15) is 4.98 Å². The van der Waals surface area contributed by atoms with E-state index in [0.717, 1.165) is 65.7 Å². The zero-order valence-electron chi connectivity index (χ0n) is 22.0. The lowest BCUT2D eigenvalue weighted by atomic mass is 9.71. The Bertz CT molecular complexity index is 1340. The standard InChI is InChI=1S/C28H35F2N7O/c1-17-18(4-3-5-24(29)30)14-23-22(32-17)7-6-21(34-23)20-10-13-37-25(20)26(31-2)35-27(36-37)33-19-8-11-28(12-9-19)15-38-16-28/h6-7,10,13,18-19,24H,3-5,8-9,11-12,14-16H2,1-2H3,(H2,31,33,35,36). The van der Waals surface area contributed by atoms with Gasteiger partial charge in [-0.25, -0.2) is 13.3 Å². The van der Waals surface area contributed by atoms with Gasteiger partial charge in [-0.1, -0.05) is 0 Å². The third-order valence-electron chi connectivity index (χ3n) is 8.47. The number of alkyl halides is 2. The molecule has 0 bridgehead atoms. The molecule has 3 aliphatic rings. The molecule has 5 heterocycles. The van der Waals surface area contributed by atoms with Crippen LogP contribution in [0.4, 0.5) is 26.2 Å². The van der Waals surface area contributed by atoms with E-state index in [9.17, 15) is 8.78 Å². The van der Waals surface area contributed by atoms with Gasteiger partial charge in [0.05, 0.1) is 30.3 Å². The molecule has 1 saturated heterocycles. The minimum Gasteiger partial charge on any atom is -0.380 e. The highest BCUT2D eigenvalue weighted by Gasteiger charge is 2.41. The molecule has 38 heavy (non-hydrogen) atoms. The van der Waals surface area contributed by atoms with Crippen molar-refractivity contribution < 1.29 is 13.5 Å². The van der Waals surface area contributed by atoms with Crippen molar-refractivity contribution >= 4 is 28.7 Å². The summed E-state index contributed by atoms with van der Waals surface area (Å²) in [4.78, 5) is 14.5. The molecule has 6 rings (SSSR count). The number of halogens is 2. The Morgan fingerprint density at radius 2 is 1.97 bits per heavy atom. The van der Waals surface area contributed by atoms with Gasteiger partial charge in [0.25, 0.3) is 0 Å². The second kappa shape index (κ2) is 10.2. The Hall–Kier alpha value is -3.14. The fraction of sp³-hybridized carbons (Fsp3) is 0.571. The van der Waals surface area contributed by atoms with Gasteiger partial charge in [0.1, 0.15) is 5.52 Å². The summed E-state index contributed by atoms with van der Waals surface area (Å²) in [6, 6.07) is 6.36. The second-order valence-electron chi connectivity index (χ2n) is 11.1. The Kier molecular flexibility index (Phi) is 6.75. The molecule has 1 unspecified atom stereocenters. The highest BCUT2D eigenvalue weighted by atomic mass is 19.3. The predicted octanol–water partition coefficient (Wildman–Crippen LogP) is 5.90. The number of nitrogens with zero attached hydrogens (tertiary/aromatic N) is 5. The molecule has 1 atom stereocenters. The molecule has 3 aromatic heterocycles. The molecule has 0 radical (unpaired) electrons. The molecule has 0 amide bonds. The maximum Gasteiger partial charge on any atom is 0.243 e. The van der Waals surface area contributed by atoms with Crippen molar-refractivity contribution in [1.29, 1.82) is 0 Å². The van der Waals surface area contributed by atoms with Gasteiger partial charge in [-0.05, 0) is 70.1 Å². The molecule has 8 nitrogen and oxygen atoms in total. The Morgan fingerprint density at radius 1 is 1.16 bits per heavy atom. The molecule has 202 valence electrons. The number of nitrogens with one attached hydrogen (secondary N) is 2. The molecule has 1 saturated carbocycles. The number of fused-ring (bicyclic) bond motifs is 2. The molecule has 10 heteroatoms. The number of hydrogen-bond donors (Lipinski definition) is 2. The summed E-state index contributed by atoms with van der Waals surface area (Å²) >= 11 is 0. The molecule has 0 aromatic carbocycles. The van der Waals surface area contributed by atoms with Crippen molar-refractivity contribution in [2.24, 2.45) is 16.3 Å².